The zero-order valence-electron chi connectivity index (χ0n) is 14.8. The molecule has 0 aromatic heterocycles. The highest BCUT2D eigenvalue weighted by Gasteiger charge is 2.20. The second-order valence-corrected chi connectivity index (χ2v) is 6.90. The smallest absolute Gasteiger partial charge is 0.237 e. The summed E-state index contributed by atoms with van der Waals surface area (Å²) in [7, 11) is 0. The molecule has 0 fully saturated rings. The molecule has 3 nitrogen and oxygen atoms in total. The number of hydrogen-bond acceptors (Lipinski definition) is 2. The molecule has 2 aromatic carbocycles. The zero-order chi connectivity index (χ0) is 17.5. The normalized spacial score (nSPS) is 13.5. The third-order valence-corrected chi connectivity index (χ3v) is 4.14. The molecule has 0 saturated heterocycles. The maximum absolute atomic E-state index is 12.5. The minimum atomic E-state index is -0.464. The molecule has 0 aliphatic heterocycles. The molecule has 0 aliphatic rings. The van der Waals surface area contributed by atoms with Gasteiger partial charge in [0, 0.05) is 0 Å². The molecular weight excluding hydrogens is 296 g/mol. The monoisotopic (exact) mass is 324 g/mol. The van der Waals surface area contributed by atoms with E-state index in [1.54, 1.807) is 0 Å². The number of rotatable bonds is 7. The van der Waals surface area contributed by atoms with E-state index >= 15 is 0 Å². The summed E-state index contributed by atoms with van der Waals surface area (Å²) in [5.74, 6) is 0.322. The van der Waals surface area contributed by atoms with Crippen molar-refractivity contribution < 1.29 is 4.79 Å². The summed E-state index contributed by atoms with van der Waals surface area (Å²) >= 11 is 0. The maximum atomic E-state index is 12.5. The quantitative estimate of drug-likeness (QED) is 0.814. The molecule has 128 valence electrons. The summed E-state index contributed by atoms with van der Waals surface area (Å²) in [5, 5.41) is 3.14. The van der Waals surface area contributed by atoms with E-state index in [1.165, 1.54) is 11.1 Å². The SMILES string of the molecule is Cc1ccc(CC(NC(=O)C(N)CC(C)C)c2ccccc2)cc1. The molecule has 2 aromatic rings. The summed E-state index contributed by atoms with van der Waals surface area (Å²) in [4.78, 5) is 12.5. The van der Waals surface area contributed by atoms with Crippen LogP contribution in [0.2, 0.25) is 0 Å². The number of carbonyl (C=O) groups excluding carboxylic acids is 1. The maximum Gasteiger partial charge on any atom is 0.237 e. The number of nitrogens with one attached hydrogen (secondary N) is 1. The van der Waals surface area contributed by atoms with Crippen LogP contribution < -0.4 is 11.1 Å². The van der Waals surface area contributed by atoms with Crippen LogP contribution in [0.4, 0.5) is 0 Å². The first-order chi connectivity index (χ1) is 11.5. The van der Waals surface area contributed by atoms with Gasteiger partial charge in [-0.05, 0) is 36.8 Å². The van der Waals surface area contributed by atoms with Crippen LogP contribution in [0.25, 0.3) is 0 Å². The third-order valence-electron chi connectivity index (χ3n) is 4.14. The van der Waals surface area contributed by atoms with Crippen molar-refractivity contribution in [3.05, 3.63) is 71.3 Å². The number of benzene rings is 2. The number of nitrogens with two attached hydrogens (primary N) is 1. The lowest BCUT2D eigenvalue weighted by Crippen LogP contribution is -2.43. The Morgan fingerprint density at radius 1 is 1.04 bits per heavy atom. The van der Waals surface area contributed by atoms with Crippen molar-refractivity contribution in [1.82, 2.24) is 5.32 Å². The first kappa shape index (κ1) is 18.2. The summed E-state index contributed by atoms with van der Waals surface area (Å²) in [6, 6.07) is 18.0. The van der Waals surface area contributed by atoms with Gasteiger partial charge in [-0.25, -0.2) is 0 Å². The Bertz CT molecular complexity index is 635. The molecule has 0 radical (unpaired) electrons. The van der Waals surface area contributed by atoms with Gasteiger partial charge in [-0.1, -0.05) is 74.0 Å². The molecule has 2 rings (SSSR count). The summed E-state index contributed by atoms with van der Waals surface area (Å²) in [5.41, 5.74) is 9.58. The highest BCUT2D eigenvalue weighted by atomic mass is 16.2. The van der Waals surface area contributed by atoms with Crippen molar-refractivity contribution in [2.45, 2.75) is 45.7 Å². The molecule has 2 atom stereocenters. The molecule has 1 amide bonds. The van der Waals surface area contributed by atoms with Crippen molar-refractivity contribution >= 4 is 5.91 Å². The molecule has 0 heterocycles. The Labute approximate surface area is 145 Å². The number of hydrogen-bond donors (Lipinski definition) is 2. The second kappa shape index (κ2) is 8.65. The van der Waals surface area contributed by atoms with Crippen molar-refractivity contribution in [3.63, 3.8) is 0 Å². The lowest BCUT2D eigenvalue weighted by Gasteiger charge is -2.22. The highest BCUT2D eigenvalue weighted by molar-refractivity contribution is 5.81. The van der Waals surface area contributed by atoms with E-state index in [0.29, 0.717) is 12.3 Å². The standard InChI is InChI=1S/C21H28N2O/c1-15(2)13-19(22)21(24)23-20(18-7-5-4-6-8-18)14-17-11-9-16(3)10-12-17/h4-12,15,19-20H,13-14,22H2,1-3H3,(H,23,24). The van der Waals surface area contributed by atoms with Crippen molar-refractivity contribution in [2.24, 2.45) is 11.7 Å². The summed E-state index contributed by atoms with van der Waals surface area (Å²) < 4.78 is 0. The van der Waals surface area contributed by atoms with Gasteiger partial charge >= 0.3 is 0 Å². The molecular formula is C21H28N2O. The van der Waals surface area contributed by atoms with Crippen molar-refractivity contribution in [1.29, 1.82) is 0 Å². The van der Waals surface area contributed by atoms with Crippen molar-refractivity contribution in [2.75, 3.05) is 0 Å². The Hall–Kier alpha value is -2.13. The summed E-state index contributed by atoms with van der Waals surface area (Å²) in [6.45, 7) is 6.23. The van der Waals surface area contributed by atoms with Crippen LogP contribution in [-0.2, 0) is 11.2 Å². The van der Waals surface area contributed by atoms with E-state index in [0.717, 1.165) is 12.0 Å². The van der Waals surface area contributed by atoms with Gasteiger partial charge in [0.15, 0.2) is 0 Å². The number of aryl methyl sites for hydroxylation is 1. The largest absolute Gasteiger partial charge is 0.348 e. The highest BCUT2D eigenvalue weighted by Crippen LogP contribution is 2.19. The van der Waals surface area contributed by atoms with E-state index in [4.69, 9.17) is 5.73 Å². The predicted octanol–water partition coefficient (Wildman–Crippen LogP) is 3.77. The predicted molar refractivity (Wildman–Crippen MR) is 99.6 cm³/mol. The van der Waals surface area contributed by atoms with Gasteiger partial charge in [0.1, 0.15) is 0 Å². The first-order valence-corrected chi connectivity index (χ1v) is 8.62. The average Bonchev–Trinajstić information content (AvgIpc) is 2.56. The molecule has 24 heavy (non-hydrogen) atoms. The van der Waals surface area contributed by atoms with Gasteiger partial charge in [-0.2, -0.15) is 0 Å². The van der Waals surface area contributed by atoms with Gasteiger partial charge in [-0.3, -0.25) is 4.79 Å². The van der Waals surface area contributed by atoms with Crippen LogP contribution in [0.5, 0.6) is 0 Å². The van der Waals surface area contributed by atoms with Crippen LogP contribution in [0, 0.1) is 12.8 Å². The second-order valence-electron chi connectivity index (χ2n) is 6.90. The third kappa shape index (κ3) is 5.50. The molecule has 0 aliphatic carbocycles. The van der Waals surface area contributed by atoms with Crippen LogP contribution in [-0.4, -0.2) is 11.9 Å². The van der Waals surface area contributed by atoms with E-state index in [-0.39, 0.29) is 11.9 Å². The molecule has 0 spiro atoms. The molecule has 0 bridgehead atoms. The number of carbonyl (C=O) groups is 1. The van der Waals surface area contributed by atoms with Gasteiger partial charge in [0.05, 0.1) is 12.1 Å². The van der Waals surface area contributed by atoms with Gasteiger partial charge in [0.2, 0.25) is 5.91 Å². The minimum absolute atomic E-state index is 0.0698. The molecule has 3 N–H and O–H groups in total. The topological polar surface area (TPSA) is 55.1 Å². The number of amides is 1. The molecule has 3 heteroatoms. The lowest BCUT2D eigenvalue weighted by atomic mass is 9.97. The zero-order valence-corrected chi connectivity index (χ0v) is 14.8. The summed E-state index contributed by atoms with van der Waals surface area (Å²) in [6.07, 6.45) is 1.45. The van der Waals surface area contributed by atoms with Gasteiger partial charge in [-0.15, -0.1) is 0 Å². The van der Waals surface area contributed by atoms with E-state index < -0.39 is 6.04 Å². The average molecular weight is 324 g/mol. The van der Waals surface area contributed by atoms with Gasteiger partial charge < -0.3 is 11.1 Å². The van der Waals surface area contributed by atoms with Crippen molar-refractivity contribution in [3.8, 4) is 0 Å². The minimum Gasteiger partial charge on any atom is -0.348 e. The fourth-order valence-electron chi connectivity index (χ4n) is 2.79. The fourth-order valence-corrected chi connectivity index (χ4v) is 2.79. The van der Waals surface area contributed by atoms with Crippen LogP contribution in [0.1, 0.15) is 43.0 Å². The lowest BCUT2D eigenvalue weighted by molar-refractivity contribution is -0.123. The Balaban J connectivity index is 2.14. The molecule has 0 saturated carbocycles. The molecule has 2 unspecified atom stereocenters. The van der Waals surface area contributed by atoms with E-state index in [9.17, 15) is 4.79 Å². The van der Waals surface area contributed by atoms with Crippen LogP contribution >= 0.6 is 0 Å². The Morgan fingerprint density at radius 2 is 1.67 bits per heavy atom. The van der Waals surface area contributed by atoms with Crippen LogP contribution in [0.3, 0.4) is 0 Å². The Kier molecular flexibility index (Phi) is 6.56. The Morgan fingerprint density at radius 3 is 2.25 bits per heavy atom. The fraction of sp³-hybridized carbons (Fsp3) is 0.381. The van der Waals surface area contributed by atoms with E-state index in [1.807, 2.05) is 30.3 Å². The van der Waals surface area contributed by atoms with E-state index in [2.05, 4.69) is 50.4 Å². The van der Waals surface area contributed by atoms with Crippen LogP contribution in [0.15, 0.2) is 54.6 Å². The van der Waals surface area contributed by atoms with Gasteiger partial charge in [0.25, 0.3) is 0 Å². The first-order valence-electron chi connectivity index (χ1n) is 8.62.